The zero-order chi connectivity index (χ0) is 17.2. The molecule has 4 heterocycles. The van der Waals surface area contributed by atoms with Gasteiger partial charge in [-0.15, -0.1) is 0 Å². The Morgan fingerprint density at radius 2 is 2.24 bits per heavy atom. The minimum atomic E-state index is -0.0199. The van der Waals surface area contributed by atoms with Crippen molar-refractivity contribution in [2.45, 2.75) is 45.3 Å². The fraction of sp³-hybridized carbons (Fsp3) is 0.444. The Bertz CT molecular complexity index is 917. The predicted octanol–water partition coefficient (Wildman–Crippen LogP) is 1.65. The van der Waals surface area contributed by atoms with Gasteiger partial charge in [0.15, 0.2) is 0 Å². The average molecular weight is 338 g/mol. The minimum absolute atomic E-state index is 0.0199. The molecule has 1 aliphatic heterocycles. The van der Waals surface area contributed by atoms with Gasteiger partial charge in [0.1, 0.15) is 18.3 Å². The summed E-state index contributed by atoms with van der Waals surface area (Å²) in [6.45, 7) is 4.53. The Hall–Kier alpha value is -2.54. The third-order valence-electron chi connectivity index (χ3n) is 4.92. The van der Waals surface area contributed by atoms with Crippen LogP contribution < -0.4 is 5.56 Å². The van der Waals surface area contributed by atoms with Gasteiger partial charge in [0.25, 0.3) is 5.56 Å². The molecule has 3 aromatic rings. The van der Waals surface area contributed by atoms with E-state index >= 15 is 0 Å². The molecule has 1 fully saturated rings. The van der Waals surface area contributed by atoms with E-state index in [0.29, 0.717) is 12.6 Å². The summed E-state index contributed by atoms with van der Waals surface area (Å²) in [4.78, 5) is 23.6. The number of piperidine rings is 1. The van der Waals surface area contributed by atoms with Gasteiger partial charge in [0.2, 0.25) is 0 Å². The summed E-state index contributed by atoms with van der Waals surface area (Å²) >= 11 is 0. The number of aromatic nitrogens is 5. The Morgan fingerprint density at radius 3 is 3.08 bits per heavy atom. The molecule has 0 unspecified atom stereocenters. The van der Waals surface area contributed by atoms with Crippen molar-refractivity contribution >= 4 is 5.65 Å². The molecule has 130 valence electrons. The number of hydrogen-bond donors (Lipinski definition) is 0. The first-order chi connectivity index (χ1) is 12.2. The second kappa shape index (κ2) is 6.76. The molecule has 1 aliphatic rings. The summed E-state index contributed by atoms with van der Waals surface area (Å²) in [5.74, 6) is 0. The van der Waals surface area contributed by atoms with Crippen molar-refractivity contribution in [3.63, 3.8) is 0 Å². The molecule has 0 amide bonds. The van der Waals surface area contributed by atoms with Crippen LogP contribution in [0.4, 0.5) is 0 Å². The third kappa shape index (κ3) is 3.32. The molecule has 0 saturated carbocycles. The number of likely N-dealkylation sites (tertiary alicyclic amines) is 1. The van der Waals surface area contributed by atoms with E-state index in [1.54, 1.807) is 29.3 Å². The van der Waals surface area contributed by atoms with Gasteiger partial charge in [-0.05, 0) is 37.9 Å². The first-order valence-corrected chi connectivity index (χ1v) is 8.75. The highest BCUT2D eigenvalue weighted by Gasteiger charge is 2.23. The lowest BCUT2D eigenvalue weighted by Crippen LogP contribution is -2.42. The van der Waals surface area contributed by atoms with Gasteiger partial charge >= 0.3 is 0 Å². The van der Waals surface area contributed by atoms with Crippen LogP contribution in [-0.2, 0) is 13.1 Å². The minimum Gasteiger partial charge on any atom is -0.293 e. The van der Waals surface area contributed by atoms with Gasteiger partial charge in [-0.3, -0.25) is 18.8 Å². The van der Waals surface area contributed by atoms with E-state index in [2.05, 4.69) is 15.0 Å². The highest BCUT2D eigenvalue weighted by atomic mass is 16.1. The topological polar surface area (TPSA) is 68.3 Å². The van der Waals surface area contributed by atoms with Gasteiger partial charge < -0.3 is 0 Å². The van der Waals surface area contributed by atoms with Gasteiger partial charge in [-0.1, -0.05) is 12.5 Å². The average Bonchev–Trinajstić information content (AvgIpc) is 3.11. The summed E-state index contributed by atoms with van der Waals surface area (Å²) in [7, 11) is 0. The van der Waals surface area contributed by atoms with E-state index in [4.69, 9.17) is 4.98 Å². The summed E-state index contributed by atoms with van der Waals surface area (Å²) in [5.41, 5.74) is 2.58. The van der Waals surface area contributed by atoms with Crippen molar-refractivity contribution in [1.82, 2.24) is 29.0 Å². The molecule has 3 aromatic heterocycles. The second-order valence-electron chi connectivity index (χ2n) is 6.71. The van der Waals surface area contributed by atoms with Crippen LogP contribution in [0.15, 0.2) is 41.8 Å². The van der Waals surface area contributed by atoms with Crippen molar-refractivity contribution in [3.8, 4) is 0 Å². The monoisotopic (exact) mass is 338 g/mol. The van der Waals surface area contributed by atoms with Crippen LogP contribution in [0.5, 0.6) is 0 Å². The van der Waals surface area contributed by atoms with Crippen LogP contribution in [0, 0.1) is 6.92 Å². The lowest BCUT2D eigenvalue weighted by atomic mass is 10.0. The fourth-order valence-electron chi connectivity index (χ4n) is 3.62. The van der Waals surface area contributed by atoms with Crippen LogP contribution >= 0.6 is 0 Å². The summed E-state index contributed by atoms with van der Waals surface area (Å²) < 4.78 is 3.50. The van der Waals surface area contributed by atoms with Gasteiger partial charge in [0, 0.05) is 24.8 Å². The molecule has 25 heavy (non-hydrogen) atoms. The summed E-state index contributed by atoms with van der Waals surface area (Å²) in [6.07, 6.45) is 8.64. The molecule has 1 atom stereocenters. The van der Waals surface area contributed by atoms with Crippen LogP contribution in [0.2, 0.25) is 0 Å². The largest absolute Gasteiger partial charge is 0.293 e. The zero-order valence-electron chi connectivity index (χ0n) is 14.4. The van der Waals surface area contributed by atoms with Gasteiger partial charge in [-0.25, -0.2) is 9.97 Å². The SMILES string of the molecule is Cc1cccn2c(=O)cc(CN3CCCC[C@H]3Cn3cncn3)nc12. The molecule has 0 aromatic carbocycles. The molecular weight excluding hydrogens is 316 g/mol. The molecule has 0 aliphatic carbocycles. The smallest absolute Gasteiger partial charge is 0.258 e. The lowest BCUT2D eigenvalue weighted by molar-refractivity contribution is 0.120. The van der Waals surface area contributed by atoms with Crippen molar-refractivity contribution in [2.24, 2.45) is 0 Å². The molecule has 0 bridgehead atoms. The number of fused-ring (bicyclic) bond motifs is 1. The maximum absolute atomic E-state index is 12.4. The van der Waals surface area contributed by atoms with E-state index in [1.807, 2.05) is 23.7 Å². The third-order valence-corrected chi connectivity index (χ3v) is 4.92. The molecule has 7 heteroatoms. The highest BCUT2D eigenvalue weighted by Crippen LogP contribution is 2.20. The molecule has 4 rings (SSSR count). The number of aryl methyl sites for hydroxylation is 1. The first kappa shape index (κ1) is 16.0. The van der Waals surface area contributed by atoms with Gasteiger partial charge in [-0.2, -0.15) is 5.10 Å². The maximum Gasteiger partial charge on any atom is 0.258 e. The Labute approximate surface area is 145 Å². The molecule has 0 spiro atoms. The van der Waals surface area contributed by atoms with Crippen molar-refractivity contribution in [2.75, 3.05) is 6.54 Å². The Kier molecular flexibility index (Phi) is 4.31. The van der Waals surface area contributed by atoms with Crippen LogP contribution in [0.1, 0.15) is 30.5 Å². The van der Waals surface area contributed by atoms with Crippen molar-refractivity contribution in [3.05, 3.63) is 58.7 Å². The van der Waals surface area contributed by atoms with E-state index in [0.717, 1.165) is 36.4 Å². The standard InChI is InChI=1S/C18H22N6O/c1-14-5-4-8-24-17(25)9-15(21-18(14)24)10-22-7-3-2-6-16(22)11-23-13-19-12-20-23/h4-5,8-9,12-13,16H,2-3,6-7,10-11H2,1H3/t16-/m0/s1. The molecule has 1 saturated heterocycles. The number of pyridine rings is 1. The van der Waals surface area contributed by atoms with Crippen molar-refractivity contribution < 1.29 is 0 Å². The van der Waals surface area contributed by atoms with E-state index in [-0.39, 0.29) is 5.56 Å². The summed E-state index contributed by atoms with van der Waals surface area (Å²) in [6, 6.07) is 5.92. The lowest BCUT2D eigenvalue weighted by Gasteiger charge is -2.35. The highest BCUT2D eigenvalue weighted by molar-refractivity contribution is 5.46. The van der Waals surface area contributed by atoms with Crippen molar-refractivity contribution in [1.29, 1.82) is 0 Å². The number of hydrogen-bond acceptors (Lipinski definition) is 5. The normalized spacial score (nSPS) is 18.7. The Balaban J connectivity index is 1.60. The molecule has 0 N–H and O–H groups in total. The zero-order valence-corrected chi connectivity index (χ0v) is 14.4. The first-order valence-electron chi connectivity index (χ1n) is 8.75. The Morgan fingerprint density at radius 1 is 1.32 bits per heavy atom. The van der Waals surface area contributed by atoms with Crippen LogP contribution in [-0.4, -0.2) is 41.6 Å². The maximum atomic E-state index is 12.4. The second-order valence-corrected chi connectivity index (χ2v) is 6.71. The van der Waals surface area contributed by atoms with Crippen LogP contribution in [0.3, 0.4) is 0 Å². The fourth-order valence-corrected chi connectivity index (χ4v) is 3.62. The molecule has 0 radical (unpaired) electrons. The van der Waals surface area contributed by atoms with E-state index in [1.165, 1.54) is 12.8 Å². The number of rotatable bonds is 4. The van der Waals surface area contributed by atoms with Gasteiger partial charge in [0.05, 0.1) is 12.2 Å². The quantitative estimate of drug-likeness (QED) is 0.723. The molecular formula is C18H22N6O. The van der Waals surface area contributed by atoms with Crippen LogP contribution in [0.25, 0.3) is 5.65 Å². The predicted molar refractivity (Wildman–Crippen MR) is 94.3 cm³/mol. The summed E-state index contributed by atoms with van der Waals surface area (Å²) in [5, 5.41) is 4.23. The van der Waals surface area contributed by atoms with E-state index in [9.17, 15) is 4.79 Å². The molecule has 7 nitrogen and oxygen atoms in total. The van der Waals surface area contributed by atoms with E-state index < -0.39 is 0 Å². The number of nitrogens with zero attached hydrogens (tertiary/aromatic N) is 6.